The summed E-state index contributed by atoms with van der Waals surface area (Å²) in [6.45, 7) is 0.390. The van der Waals surface area contributed by atoms with Crippen LogP contribution in [0.1, 0.15) is 16.8 Å². The Labute approximate surface area is 101 Å². The van der Waals surface area contributed by atoms with E-state index in [0.717, 1.165) is 0 Å². The number of carboxylic acids is 1. The van der Waals surface area contributed by atoms with Crippen LogP contribution >= 0.6 is 0 Å². The van der Waals surface area contributed by atoms with Crippen LogP contribution in [0, 0.1) is 5.82 Å². The molecule has 1 atom stereocenters. The van der Waals surface area contributed by atoms with E-state index >= 15 is 0 Å². The van der Waals surface area contributed by atoms with E-state index in [2.05, 4.69) is 5.32 Å². The Hall–Kier alpha value is -1.43. The first-order valence-corrected chi connectivity index (χ1v) is 6.81. The molecule has 0 saturated heterocycles. The third kappa shape index (κ3) is 4.14. The number of carboxylic acid groups (broad SMARTS) is 1. The van der Waals surface area contributed by atoms with E-state index in [1.54, 1.807) is 6.26 Å². The lowest BCUT2D eigenvalue weighted by atomic mass is 10.1. The number of benzene rings is 1. The van der Waals surface area contributed by atoms with Crippen molar-refractivity contribution in [1.29, 1.82) is 0 Å². The quantitative estimate of drug-likeness (QED) is 0.763. The van der Waals surface area contributed by atoms with Crippen molar-refractivity contribution in [2.75, 3.05) is 23.9 Å². The second kappa shape index (κ2) is 6.34. The minimum Gasteiger partial charge on any atom is -0.478 e. The number of anilines is 1. The minimum atomic E-state index is -1.17. The van der Waals surface area contributed by atoms with Gasteiger partial charge in [0.15, 0.2) is 0 Å². The first kappa shape index (κ1) is 13.6. The van der Waals surface area contributed by atoms with E-state index in [1.807, 2.05) is 0 Å². The molecular weight excluding hydrogens is 245 g/mol. The van der Waals surface area contributed by atoms with E-state index in [1.165, 1.54) is 18.2 Å². The van der Waals surface area contributed by atoms with Gasteiger partial charge >= 0.3 is 5.97 Å². The van der Waals surface area contributed by atoms with Crippen LogP contribution in [0.5, 0.6) is 0 Å². The summed E-state index contributed by atoms with van der Waals surface area (Å²) in [5.74, 6) is -1.27. The van der Waals surface area contributed by atoms with Crippen LogP contribution in [0.15, 0.2) is 18.2 Å². The van der Waals surface area contributed by atoms with Gasteiger partial charge in [0.05, 0.1) is 11.3 Å². The Morgan fingerprint density at radius 2 is 2.24 bits per heavy atom. The molecule has 1 rings (SSSR count). The van der Waals surface area contributed by atoms with Gasteiger partial charge in [-0.2, -0.15) is 0 Å². The van der Waals surface area contributed by atoms with Crippen molar-refractivity contribution < 1.29 is 18.5 Å². The monoisotopic (exact) mass is 259 g/mol. The summed E-state index contributed by atoms with van der Waals surface area (Å²) in [4.78, 5) is 10.9. The summed E-state index contributed by atoms with van der Waals surface area (Å²) in [5.41, 5.74) is -0.107. The first-order chi connectivity index (χ1) is 8.02. The largest absolute Gasteiger partial charge is 0.478 e. The fourth-order valence-corrected chi connectivity index (χ4v) is 1.92. The standard InChI is InChI=1S/C11H14FNO3S/c1-17(16)7-3-6-13-10-8(11(14)15)4-2-5-9(10)12/h2,4-5,13H,3,6-7H2,1H3,(H,14,15). The highest BCUT2D eigenvalue weighted by Gasteiger charge is 2.13. The van der Waals surface area contributed by atoms with Gasteiger partial charge in [-0.15, -0.1) is 0 Å². The third-order valence-corrected chi connectivity index (χ3v) is 3.02. The fourth-order valence-electron chi connectivity index (χ4n) is 1.37. The number of rotatable bonds is 6. The highest BCUT2D eigenvalue weighted by Crippen LogP contribution is 2.19. The maximum atomic E-state index is 13.4. The van der Waals surface area contributed by atoms with Crippen LogP contribution in [-0.4, -0.2) is 33.8 Å². The van der Waals surface area contributed by atoms with E-state index in [-0.39, 0.29) is 11.3 Å². The molecule has 0 amide bonds. The average Bonchev–Trinajstić information content (AvgIpc) is 2.25. The number of hydrogen-bond acceptors (Lipinski definition) is 3. The van der Waals surface area contributed by atoms with Crippen LogP contribution < -0.4 is 5.32 Å². The van der Waals surface area contributed by atoms with Crippen molar-refractivity contribution >= 4 is 22.5 Å². The predicted octanol–water partition coefficient (Wildman–Crippen LogP) is 1.70. The molecular formula is C11H14FNO3S. The molecule has 0 heterocycles. The number of halogens is 1. The van der Waals surface area contributed by atoms with Gasteiger partial charge in [-0.3, -0.25) is 4.21 Å². The minimum absolute atomic E-state index is 0.0121. The van der Waals surface area contributed by atoms with Crippen molar-refractivity contribution in [3.05, 3.63) is 29.6 Å². The van der Waals surface area contributed by atoms with Gasteiger partial charge in [0, 0.05) is 29.4 Å². The molecule has 0 fully saturated rings. The SMILES string of the molecule is CS(=O)CCCNc1c(F)cccc1C(=O)O. The normalized spacial score (nSPS) is 12.1. The Balaban J connectivity index is 2.69. The van der Waals surface area contributed by atoms with Crippen LogP contribution in [-0.2, 0) is 10.8 Å². The molecule has 0 spiro atoms. The molecule has 6 heteroatoms. The van der Waals surface area contributed by atoms with Crippen molar-refractivity contribution in [2.24, 2.45) is 0 Å². The lowest BCUT2D eigenvalue weighted by molar-refractivity contribution is 0.0697. The zero-order chi connectivity index (χ0) is 12.8. The van der Waals surface area contributed by atoms with Crippen molar-refractivity contribution in [3.8, 4) is 0 Å². The summed E-state index contributed by atoms with van der Waals surface area (Å²) < 4.78 is 24.2. The van der Waals surface area contributed by atoms with Crippen molar-refractivity contribution in [3.63, 3.8) is 0 Å². The molecule has 0 radical (unpaired) electrons. The lowest BCUT2D eigenvalue weighted by Gasteiger charge is -2.09. The van der Waals surface area contributed by atoms with Crippen LogP contribution in [0.2, 0.25) is 0 Å². The highest BCUT2D eigenvalue weighted by molar-refractivity contribution is 7.84. The van der Waals surface area contributed by atoms with Gasteiger partial charge in [-0.1, -0.05) is 6.07 Å². The molecule has 0 aromatic heterocycles. The topological polar surface area (TPSA) is 66.4 Å². The lowest BCUT2D eigenvalue weighted by Crippen LogP contribution is -2.11. The summed E-state index contributed by atoms with van der Waals surface area (Å²) in [6.07, 6.45) is 2.18. The molecule has 4 nitrogen and oxygen atoms in total. The Morgan fingerprint density at radius 1 is 1.53 bits per heavy atom. The Morgan fingerprint density at radius 3 is 2.82 bits per heavy atom. The number of hydrogen-bond donors (Lipinski definition) is 2. The zero-order valence-electron chi connectivity index (χ0n) is 9.40. The van der Waals surface area contributed by atoms with E-state index in [0.29, 0.717) is 18.7 Å². The Bertz CT molecular complexity index is 437. The zero-order valence-corrected chi connectivity index (χ0v) is 10.2. The molecule has 94 valence electrons. The third-order valence-electron chi connectivity index (χ3n) is 2.15. The smallest absolute Gasteiger partial charge is 0.337 e. The number of nitrogens with one attached hydrogen (secondary N) is 1. The first-order valence-electron chi connectivity index (χ1n) is 5.08. The van der Waals surface area contributed by atoms with Gasteiger partial charge in [0.1, 0.15) is 5.82 Å². The van der Waals surface area contributed by atoms with Gasteiger partial charge in [0.25, 0.3) is 0 Å². The molecule has 1 aromatic carbocycles. The molecule has 0 aliphatic carbocycles. The van der Waals surface area contributed by atoms with Gasteiger partial charge < -0.3 is 10.4 Å². The van der Waals surface area contributed by atoms with Crippen LogP contribution in [0.4, 0.5) is 10.1 Å². The van der Waals surface area contributed by atoms with Crippen molar-refractivity contribution in [2.45, 2.75) is 6.42 Å². The molecule has 1 unspecified atom stereocenters. The summed E-state index contributed by atoms with van der Waals surface area (Å²) in [6, 6.07) is 3.89. The van der Waals surface area contributed by atoms with Crippen LogP contribution in [0.3, 0.4) is 0 Å². The number of para-hydroxylation sites is 1. The summed E-state index contributed by atoms with van der Waals surface area (Å²) >= 11 is 0. The number of aromatic carboxylic acids is 1. The van der Waals surface area contributed by atoms with Gasteiger partial charge in [-0.25, -0.2) is 9.18 Å². The predicted molar refractivity (Wildman–Crippen MR) is 65.4 cm³/mol. The van der Waals surface area contributed by atoms with Gasteiger partial charge in [-0.05, 0) is 18.6 Å². The summed E-state index contributed by atoms with van der Waals surface area (Å²) in [5, 5.41) is 11.6. The molecule has 0 aliphatic heterocycles. The molecule has 17 heavy (non-hydrogen) atoms. The van der Waals surface area contributed by atoms with Crippen LogP contribution in [0.25, 0.3) is 0 Å². The second-order valence-corrected chi connectivity index (χ2v) is 5.08. The van der Waals surface area contributed by atoms with Crippen molar-refractivity contribution in [1.82, 2.24) is 0 Å². The van der Waals surface area contributed by atoms with Gasteiger partial charge in [0.2, 0.25) is 0 Å². The summed E-state index contributed by atoms with van der Waals surface area (Å²) in [7, 11) is -0.893. The average molecular weight is 259 g/mol. The maximum Gasteiger partial charge on any atom is 0.337 e. The second-order valence-electron chi connectivity index (χ2n) is 3.53. The highest BCUT2D eigenvalue weighted by atomic mass is 32.2. The Kier molecular flexibility index (Phi) is 5.09. The van der Waals surface area contributed by atoms with E-state index in [9.17, 15) is 13.4 Å². The van der Waals surface area contributed by atoms with E-state index < -0.39 is 22.6 Å². The molecule has 0 saturated carbocycles. The van der Waals surface area contributed by atoms with E-state index in [4.69, 9.17) is 5.11 Å². The molecule has 0 aliphatic rings. The molecule has 0 bridgehead atoms. The molecule has 1 aromatic rings. The maximum absolute atomic E-state index is 13.4. The molecule has 2 N–H and O–H groups in total. The fraction of sp³-hybridized carbons (Fsp3) is 0.364. The number of carbonyl (C=O) groups is 1.